The normalized spacial score (nSPS) is 10.8. The van der Waals surface area contributed by atoms with Gasteiger partial charge in [0.05, 0.1) is 33.1 Å². The second kappa shape index (κ2) is 8.23. The Hall–Kier alpha value is -3.54. The van der Waals surface area contributed by atoms with E-state index in [2.05, 4.69) is 10.5 Å². The fraction of sp³-hybridized carbons (Fsp3) is 0.143. The Kier molecular flexibility index (Phi) is 5.56. The summed E-state index contributed by atoms with van der Waals surface area (Å²) in [6, 6.07) is 16.7. The van der Waals surface area contributed by atoms with Crippen molar-refractivity contribution in [2.24, 2.45) is 5.10 Å². The summed E-state index contributed by atoms with van der Waals surface area (Å²) in [5.74, 6) is 1.41. The lowest BCUT2D eigenvalue weighted by molar-refractivity contribution is 0.0952. The van der Waals surface area contributed by atoms with E-state index >= 15 is 0 Å². The molecule has 0 saturated heterocycles. The Bertz CT molecular complexity index is 999. The highest BCUT2D eigenvalue weighted by Gasteiger charge is 2.13. The van der Waals surface area contributed by atoms with Crippen molar-refractivity contribution in [3.63, 3.8) is 0 Å². The summed E-state index contributed by atoms with van der Waals surface area (Å²) in [7, 11) is 4.68. The SMILES string of the molecule is COc1ccc(OC)c(C=NNC(=O)c2cc3ccccc3cc2OC)c1. The van der Waals surface area contributed by atoms with Crippen molar-refractivity contribution >= 4 is 22.9 Å². The molecule has 0 fully saturated rings. The first-order valence-electron chi connectivity index (χ1n) is 8.28. The minimum atomic E-state index is -0.365. The summed E-state index contributed by atoms with van der Waals surface area (Å²) >= 11 is 0. The van der Waals surface area contributed by atoms with E-state index in [0.29, 0.717) is 28.4 Å². The van der Waals surface area contributed by atoms with Crippen LogP contribution in [-0.4, -0.2) is 33.5 Å². The van der Waals surface area contributed by atoms with Crippen LogP contribution in [0.2, 0.25) is 0 Å². The minimum absolute atomic E-state index is 0.365. The van der Waals surface area contributed by atoms with Gasteiger partial charge < -0.3 is 14.2 Å². The summed E-state index contributed by atoms with van der Waals surface area (Å²) in [4.78, 5) is 12.6. The predicted molar refractivity (Wildman–Crippen MR) is 105 cm³/mol. The highest BCUT2D eigenvalue weighted by Crippen LogP contribution is 2.26. The zero-order valence-corrected chi connectivity index (χ0v) is 15.4. The van der Waals surface area contributed by atoms with Crippen molar-refractivity contribution in [2.45, 2.75) is 0 Å². The van der Waals surface area contributed by atoms with Crippen LogP contribution in [0.15, 0.2) is 59.7 Å². The topological polar surface area (TPSA) is 69.2 Å². The van der Waals surface area contributed by atoms with E-state index in [0.717, 1.165) is 10.8 Å². The van der Waals surface area contributed by atoms with E-state index in [1.165, 1.54) is 13.3 Å². The molecule has 6 heteroatoms. The third-order valence-electron chi connectivity index (χ3n) is 4.12. The van der Waals surface area contributed by atoms with Crippen LogP contribution in [0.4, 0.5) is 0 Å². The average Bonchev–Trinajstić information content (AvgIpc) is 2.72. The molecule has 138 valence electrons. The lowest BCUT2D eigenvalue weighted by Crippen LogP contribution is -2.18. The van der Waals surface area contributed by atoms with Gasteiger partial charge in [0.15, 0.2) is 0 Å². The molecule has 27 heavy (non-hydrogen) atoms. The number of amides is 1. The van der Waals surface area contributed by atoms with Crippen LogP contribution < -0.4 is 19.6 Å². The van der Waals surface area contributed by atoms with Crippen molar-refractivity contribution in [3.05, 3.63) is 65.7 Å². The molecule has 3 aromatic carbocycles. The van der Waals surface area contributed by atoms with Crippen LogP contribution in [0.3, 0.4) is 0 Å². The Morgan fingerprint density at radius 1 is 0.889 bits per heavy atom. The van der Waals surface area contributed by atoms with Crippen LogP contribution in [-0.2, 0) is 0 Å². The monoisotopic (exact) mass is 364 g/mol. The Morgan fingerprint density at radius 3 is 2.26 bits per heavy atom. The molecule has 0 spiro atoms. The highest BCUT2D eigenvalue weighted by molar-refractivity contribution is 6.02. The number of carbonyl (C=O) groups excluding carboxylic acids is 1. The number of fused-ring (bicyclic) bond motifs is 1. The van der Waals surface area contributed by atoms with Gasteiger partial charge >= 0.3 is 0 Å². The quantitative estimate of drug-likeness (QED) is 0.536. The molecule has 3 aromatic rings. The smallest absolute Gasteiger partial charge is 0.275 e. The molecule has 3 rings (SSSR count). The minimum Gasteiger partial charge on any atom is -0.497 e. The fourth-order valence-corrected chi connectivity index (χ4v) is 2.73. The number of rotatable bonds is 6. The molecule has 0 aromatic heterocycles. The van der Waals surface area contributed by atoms with Gasteiger partial charge in [-0.15, -0.1) is 0 Å². The molecule has 6 nitrogen and oxygen atoms in total. The number of hydrazone groups is 1. The Morgan fingerprint density at radius 2 is 1.59 bits per heavy atom. The van der Waals surface area contributed by atoms with E-state index in [1.54, 1.807) is 38.5 Å². The summed E-state index contributed by atoms with van der Waals surface area (Å²) in [6.07, 6.45) is 1.51. The van der Waals surface area contributed by atoms with Gasteiger partial charge in [-0.25, -0.2) is 5.43 Å². The molecule has 0 unspecified atom stereocenters. The molecule has 0 aliphatic heterocycles. The highest BCUT2D eigenvalue weighted by atomic mass is 16.5. The molecule has 0 heterocycles. The molecule has 0 aliphatic rings. The van der Waals surface area contributed by atoms with Crippen molar-refractivity contribution in [2.75, 3.05) is 21.3 Å². The molecule has 1 amide bonds. The number of carbonyl (C=O) groups is 1. The zero-order valence-electron chi connectivity index (χ0n) is 15.4. The van der Waals surface area contributed by atoms with Gasteiger partial charge in [0.1, 0.15) is 17.2 Å². The predicted octanol–water partition coefficient (Wildman–Crippen LogP) is 3.63. The number of nitrogens with zero attached hydrogens (tertiary/aromatic N) is 1. The second-order valence-corrected chi connectivity index (χ2v) is 5.71. The van der Waals surface area contributed by atoms with Gasteiger partial charge in [0, 0.05) is 5.56 Å². The number of methoxy groups -OCH3 is 3. The van der Waals surface area contributed by atoms with Crippen LogP contribution in [0, 0.1) is 0 Å². The number of benzene rings is 3. The molecular formula is C21H20N2O4. The van der Waals surface area contributed by atoms with E-state index < -0.39 is 0 Å². The van der Waals surface area contributed by atoms with E-state index in [4.69, 9.17) is 14.2 Å². The third-order valence-corrected chi connectivity index (χ3v) is 4.12. The number of ether oxygens (including phenoxy) is 3. The van der Waals surface area contributed by atoms with E-state index in [-0.39, 0.29) is 5.91 Å². The van der Waals surface area contributed by atoms with Crippen LogP contribution in [0.25, 0.3) is 10.8 Å². The van der Waals surface area contributed by atoms with Crippen molar-refractivity contribution < 1.29 is 19.0 Å². The summed E-state index contributed by atoms with van der Waals surface area (Å²) in [5, 5.41) is 5.98. The second-order valence-electron chi connectivity index (χ2n) is 5.71. The maximum Gasteiger partial charge on any atom is 0.275 e. The molecule has 0 saturated carbocycles. The number of hydrogen-bond acceptors (Lipinski definition) is 5. The van der Waals surface area contributed by atoms with Gasteiger partial charge in [-0.1, -0.05) is 24.3 Å². The largest absolute Gasteiger partial charge is 0.497 e. The summed E-state index contributed by atoms with van der Waals surface area (Å²) in [6.45, 7) is 0. The average molecular weight is 364 g/mol. The molecular weight excluding hydrogens is 344 g/mol. The first-order valence-corrected chi connectivity index (χ1v) is 8.28. The molecule has 0 aliphatic carbocycles. The molecule has 1 N–H and O–H groups in total. The first-order chi connectivity index (χ1) is 13.2. The molecule has 0 atom stereocenters. The zero-order chi connectivity index (χ0) is 19.2. The molecule has 0 radical (unpaired) electrons. The standard InChI is InChI=1S/C21H20N2O4/c1-25-17-8-9-19(26-2)16(10-17)13-22-23-21(24)18-11-14-6-4-5-7-15(14)12-20(18)27-3/h4-13H,1-3H3,(H,23,24). The number of hydrogen-bond donors (Lipinski definition) is 1. The lowest BCUT2D eigenvalue weighted by atomic mass is 10.1. The van der Waals surface area contributed by atoms with E-state index in [1.807, 2.05) is 30.3 Å². The molecule has 0 bridgehead atoms. The number of nitrogens with one attached hydrogen (secondary N) is 1. The van der Waals surface area contributed by atoms with E-state index in [9.17, 15) is 4.79 Å². The lowest BCUT2D eigenvalue weighted by Gasteiger charge is -2.09. The summed E-state index contributed by atoms with van der Waals surface area (Å²) < 4.78 is 15.9. The van der Waals surface area contributed by atoms with Gasteiger partial charge in [0.2, 0.25) is 0 Å². The fourth-order valence-electron chi connectivity index (χ4n) is 2.73. The maximum atomic E-state index is 12.6. The Balaban J connectivity index is 1.84. The van der Waals surface area contributed by atoms with Crippen molar-refractivity contribution in [1.82, 2.24) is 5.43 Å². The van der Waals surface area contributed by atoms with Crippen LogP contribution in [0.1, 0.15) is 15.9 Å². The van der Waals surface area contributed by atoms with Gasteiger partial charge in [0.25, 0.3) is 5.91 Å². The summed E-state index contributed by atoms with van der Waals surface area (Å²) in [5.41, 5.74) is 3.62. The Labute approximate surface area is 157 Å². The van der Waals surface area contributed by atoms with Crippen LogP contribution >= 0.6 is 0 Å². The third kappa shape index (κ3) is 4.00. The van der Waals surface area contributed by atoms with Crippen molar-refractivity contribution in [1.29, 1.82) is 0 Å². The van der Waals surface area contributed by atoms with Crippen molar-refractivity contribution in [3.8, 4) is 17.2 Å². The first kappa shape index (κ1) is 18.3. The van der Waals surface area contributed by atoms with Gasteiger partial charge in [-0.05, 0) is 41.1 Å². The maximum absolute atomic E-state index is 12.6. The van der Waals surface area contributed by atoms with Gasteiger partial charge in [-0.3, -0.25) is 4.79 Å². The van der Waals surface area contributed by atoms with Crippen LogP contribution in [0.5, 0.6) is 17.2 Å². The van der Waals surface area contributed by atoms with Gasteiger partial charge in [-0.2, -0.15) is 5.10 Å².